The zero-order chi connectivity index (χ0) is 16.4. The predicted molar refractivity (Wildman–Crippen MR) is 90.9 cm³/mol. The Labute approximate surface area is 140 Å². The fourth-order valence-corrected chi connectivity index (χ4v) is 2.89. The van der Waals surface area contributed by atoms with Gasteiger partial charge in [-0.1, -0.05) is 30.3 Å². The lowest BCUT2D eigenvalue weighted by atomic mass is 10.1. The molecule has 120 valence electrons. The van der Waals surface area contributed by atoms with Crippen LogP contribution < -0.4 is 5.32 Å². The Balaban J connectivity index is 1.35. The van der Waals surface area contributed by atoms with E-state index < -0.39 is 0 Å². The van der Waals surface area contributed by atoms with E-state index in [4.69, 9.17) is 0 Å². The van der Waals surface area contributed by atoms with Crippen LogP contribution in [0.5, 0.6) is 0 Å². The molecule has 4 rings (SSSR count). The Morgan fingerprint density at radius 1 is 1.17 bits per heavy atom. The quantitative estimate of drug-likeness (QED) is 0.787. The van der Waals surface area contributed by atoms with E-state index in [0.717, 1.165) is 18.5 Å². The summed E-state index contributed by atoms with van der Waals surface area (Å²) in [6, 6.07) is 14.4. The summed E-state index contributed by atoms with van der Waals surface area (Å²) >= 11 is 0. The van der Waals surface area contributed by atoms with Crippen LogP contribution in [-0.4, -0.2) is 26.7 Å². The average Bonchev–Trinajstić information content (AvgIpc) is 3.15. The summed E-state index contributed by atoms with van der Waals surface area (Å²) in [7, 11) is 0. The first-order valence-electron chi connectivity index (χ1n) is 8.09. The van der Waals surface area contributed by atoms with Gasteiger partial charge in [0.1, 0.15) is 0 Å². The molecule has 1 fully saturated rings. The van der Waals surface area contributed by atoms with Gasteiger partial charge >= 0.3 is 0 Å². The molecule has 1 saturated carbocycles. The van der Waals surface area contributed by atoms with Gasteiger partial charge in [-0.25, -0.2) is 4.68 Å². The maximum Gasteiger partial charge on any atom is 0.254 e. The van der Waals surface area contributed by atoms with Crippen LogP contribution in [0.2, 0.25) is 0 Å². The lowest BCUT2D eigenvalue weighted by molar-refractivity contribution is 0.0949. The summed E-state index contributed by atoms with van der Waals surface area (Å²) in [5.41, 5.74) is 2.73. The van der Waals surface area contributed by atoms with Crippen molar-refractivity contribution in [3.05, 3.63) is 78.4 Å². The molecule has 0 saturated heterocycles. The molecule has 2 unspecified atom stereocenters. The maximum atomic E-state index is 12.4. The van der Waals surface area contributed by atoms with Crippen LogP contribution in [0.4, 0.5) is 0 Å². The second kappa shape index (κ2) is 6.28. The fourth-order valence-electron chi connectivity index (χ4n) is 2.89. The number of carbonyl (C=O) groups excluding carboxylic acids is 1. The van der Waals surface area contributed by atoms with Crippen molar-refractivity contribution in [1.82, 2.24) is 20.1 Å². The third kappa shape index (κ3) is 3.20. The molecule has 5 heteroatoms. The Morgan fingerprint density at radius 3 is 2.83 bits per heavy atom. The number of amides is 1. The molecule has 2 atom stereocenters. The van der Waals surface area contributed by atoms with Crippen molar-refractivity contribution in [3.8, 4) is 5.69 Å². The van der Waals surface area contributed by atoms with Crippen molar-refractivity contribution in [2.24, 2.45) is 5.92 Å². The highest BCUT2D eigenvalue weighted by Gasteiger charge is 2.38. The first-order valence-corrected chi connectivity index (χ1v) is 8.09. The molecule has 1 aliphatic carbocycles. The maximum absolute atomic E-state index is 12.4. The Hall–Kier alpha value is -2.95. The van der Waals surface area contributed by atoms with E-state index in [1.165, 1.54) is 5.56 Å². The van der Waals surface area contributed by atoms with Crippen LogP contribution in [0.15, 0.2) is 67.3 Å². The number of nitrogens with one attached hydrogen (secondary N) is 1. The van der Waals surface area contributed by atoms with Gasteiger partial charge in [-0.05, 0) is 36.5 Å². The molecule has 0 spiro atoms. The number of benzene rings is 1. The normalized spacial score (nSPS) is 19.0. The summed E-state index contributed by atoms with van der Waals surface area (Å²) in [5.74, 6) is 0.468. The van der Waals surface area contributed by atoms with Gasteiger partial charge in [0.05, 0.1) is 23.6 Å². The van der Waals surface area contributed by atoms with Crippen LogP contribution in [0.25, 0.3) is 5.69 Å². The molecular weight excluding hydrogens is 300 g/mol. The molecule has 1 amide bonds. The minimum atomic E-state index is -0.0642. The average molecular weight is 318 g/mol. The Bertz CT molecular complexity index is 829. The van der Waals surface area contributed by atoms with Crippen molar-refractivity contribution in [3.63, 3.8) is 0 Å². The summed E-state index contributed by atoms with van der Waals surface area (Å²) in [6.45, 7) is 0. The Kier molecular flexibility index (Phi) is 3.83. The van der Waals surface area contributed by atoms with Crippen LogP contribution in [-0.2, 0) is 6.42 Å². The smallest absolute Gasteiger partial charge is 0.254 e. The number of pyridine rings is 1. The SMILES string of the molecule is O=C(NC1CC1Cc1ccccc1)c1cnn(-c2cccnc2)c1. The zero-order valence-electron chi connectivity index (χ0n) is 13.2. The summed E-state index contributed by atoms with van der Waals surface area (Å²) in [4.78, 5) is 16.4. The van der Waals surface area contributed by atoms with E-state index >= 15 is 0 Å². The number of carbonyl (C=O) groups is 1. The van der Waals surface area contributed by atoms with Gasteiger partial charge in [-0.2, -0.15) is 5.10 Å². The molecule has 0 radical (unpaired) electrons. The summed E-state index contributed by atoms with van der Waals surface area (Å²) in [5, 5.41) is 7.34. The highest BCUT2D eigenvalue weighted by molar-refractivity contribution is 5.94. The van der Waals surface area contributed by atoms with E-state index in [1.54, 1.807) is 29.5 Å². The van der Waals surface area contributed by atoms with Crippen molar-refractivity contribution >= 4 is 5.91 Å². The second-order valence-corrected chi connectivity index (χ2v) is 6.15. The van der Waals surface area contributed by atoms with Gasteiger partial charge in [-0.3, -0.25) is 9.78 Å². The first-order chi connectivity index (χ1) is 11.8. The lowest BCUT2D eigenvalue weighted by Crippen LogP contribution is -2.26. The Morgan fingerprint density at radius 2 is 2.04 bits per heavy atom. The molecule has 1 aromatic carbocycles. The van der Waals surface area contributed by atoms with Crippen molar-refractivity contribution in [2.75, 3.05) is 0 Å². The van der Waals surface area contributed by atoms with E-state index in [9.17, 15) is 4.79 Å². The number of nitrogens with zero attached hydrogens (tertiary/aromatic N) is 3. The molecule has 0 aliphatic heterocycles. The number of rotatable bonds is 5. The lowest BCUT2D eigenvalue weighted by Gasteiger charge is -2.03. The van der Waals surface area contributed by atoms with Gasteiger partial charge in [0.15, 0.2) is 0 Å². The highest BCUT2D eigenvalue weighted by Crippen LogP contribution is 2.33. The summed E-state index contributed by atoms with van der Waals surface area (Å²) in [6.07, 6.45) is 8.81. The van der Waals surface area contributed by atoms with Crippen LogP contribution in [0.1, 0.15) is 22.3 Å². The number of hydrogen-bond donors (Lipinski definition) is 1. The van der Waals surface area contributed by atoms with Gasteiger partial charge in [0.2, 0.25) is 0 Å². The molecule has 1 N–H and O–H groups in total. The van der Waals surface area contributed by atoms with Gasteiger partial charge in [0.25, 0.3) is 5.91 Å². The largest absolute Gasteiger partial charge is 0.349 e. The fraction of sp³-hybridized carbons (Fsp3) is 0.211. The molecule has 2 heterocycles. The summed E-state index contributed by atoms with van der Waals surface area (Å²) < 4.78 is 1.66. The van der Waals surface area contributed by atoms with Crippen molar-refractivity contribution < 1.29 is 4.79 Å². The third-order valence-electron chi connectivity index (χ3n) is 4.34. The van der Waals surface area contributed by atoms with Gasteiger partial charge < -0.3 is 5.32 Å². The standard InChI is InChI=1S/C19H18N4O/c24-19(16-11-21-23(13-16)17-7-4-8-20-12-17)22-18-10-15(18)9-14-5-2-1-3-6-14/h1-8,11-13,15,18H,9-10H2,(H,22,24). The van der Waals surface area contributed by atoms with E-state index in [2.05, 4.69) is 39.7 Å². The minimum Gasteiger partial charge on any atom is -0.349 e. The highest BCUT2D eigenvalue weighted by atomic mass is 16.1. The van der Waals surface area contributed by atoms with Crippen LogP contribution in [0, 0.1) is 5.92 Å². The third-order valence-corrected chi connectivity index (χ3v) is 4.34. The first kappa shape index (κ1) is 14.6. The number of hydrogen-bond acceptors (Lipinski definition) is 3. The molecule has 1 aliphatic rings. The van der Waals surface area contributed by atoms with E-state index in [-0.39, 0.29) is 11.9 Å². The van der Waals surface area contributed by atoms with E-state index in [1.807, 2.05) is 18.2 Å². The molecule has 0 bridgehead atoms. The van der Waals surface area contributed by atoms with E-state index in [0.29, 0.717) is 11.5 Å². The monoisotopic (exact) mass is 318 g/mol. The molecular formula is C19H18N4O. The predicted octanol–water partition coefficient (Wildman–Crippen LogP) is 2.63. The molecule has 24 heavy (non-hydrogen) atoms. The number of aromatic nitrogens is 3. The molecule has 3 aromatic rings. The van der Waals surface area contributed by atoms with Crippen molar-refractivity contribution in [1.29, 1.82) is 0 Å². The molecule has 5 nitrogen and oxygen atoms in total. The zero-order valence-corrected chi connectivity index (χ0v) is 13.2. The topological polar surface area (TPSA) is 59.8 Å². The van der Waals surface area contributed by atoms with Crippen LogP contribution in [0.3, 0.4) is 0 Å². The van der Waals surface area contributed by atoms with Gasteiger partial charge in [0, 0.05) is 18.4 Å². The second-order valence-electron chi connectivity index (χ2n) is 6.15. The van der Waals surface area contributed by atoms with Crippen LogP contribution >= 0.6 is 0 Å². The van der Waals surface area contributed by atoms with Crippen molar-refractivity contribution in [2.45, 2.75) is 18.9 Å². The minimum absolute atomic E-state index is 0.0642. The molecule has 2 aromatic heterocycles. The van der Waals surface area contributed by atoms with Gasteiger partial charge in [-0.15, -0.1) is 0 Å².